The van der Waals surface area contributed by atoms with Gasteiger partial charge in [-0.2, -0.15) is 5.10 Å². The maximum Gasteiger partial charge on any atom is 0.271 e. The normalized spacial score (nSPS) is 10.6. The number of amides is 1. The molecule has 1 amide bonds. The molecule has 9 heteroatoms. The first kappa shape index (κ1) is 17.4. The van der Waals surface area contributed by atoms with Crippen molar-refractivity contribution in [1.29, 1.82) is 0 Å². The maximum absolute atomic E-state index is 11.9. The zero-order valence-electron chi connectivity index (χ0n) is 12.4. The van der Waals surface area contributed by atoms with Gasteiger partial charge in [-0.05, 0) is 24.3 Å². The van der Waals surface area contributed by atoms with Gasteiger partial charge < -0.3 is 9.84 Å². The number of nitrogens with zero attached hydrogens (tertiary/aromatic N) is 2. The van der Waals surface area contributed by atoms with Crippen LogP contribution in [0.25, 0.3) is 0 Å². The van der Waals surface area contributed by atoms with Crippen LogP contribution < -0.4 is 10.2 Å². The number of rotatable bonds is 5. The molecule has 2 rings (SSSR count). The number of non-ortho nitro benzene ring substituents is 1. The number of hydrazone groups is 1. The summed E-state index contributed by atoms with van der Waals surface area (Å²) >= 11 is 3.27. The molecule has 0 aromatic heterocycles. The molecule has 0 radical (unpaired) electrons. The highest BCUT2D eigenvalue weighted by Crippen LogP contribution is 2.32. The van der Waals surface area contributed by atoms with Crippen molar-refractivity contribution in [3.63, 3.8) is 0 Å². The number of phenolic OH excluding ortho intramolecular Hbond substituents is 1. The van der Waals surface area contributed by atoms with E-state index in [0.29, 0.717) is 10.0 Å². The van der Waals surface area contributed by atoms with Crippen LogP contribution in [0.2, 0.25) is 0 Å². The third kappa shape index (κ3) is 4.07. The van der Waals surface area contributed by atoms with Crippen LogP contribution in [-0.2, 0) is 0 Å². The number of nitrogens with one attached hydrogen (secondary N) is 1. The predicted octanol–water partition coefficient (Wildman–Crippen LogP) is 2.84. The van der Waals surface area contributed by atoms with Crippen LogP contribution in [0.3, 0.4) is 0 Å². The average molecular weight is 394 g/mol. The Bertz CT molecular complexity index is 806. The van der Waals surface area contributed by atoms with Gasteiger partial charge in [0.15, 0.2) is 11.5 Å². The fourth-order valence-electron chi connectivity index (χ4n) is 1.81. The van der Waals surface area contributed by atoms with Gasteiger partial charge in [0.1, 0.15) is 0 Å². The molecule has 8 nitrogen and oxygen atoms in total. The van der Waals surface area contributed by atoms with Crippen LogP contribution in [0.4, 0.5) is 5.69 Å². The number of aromatic hydroxyl groups is 1. The van der Waals surface area contributed by atoms with E-state index in [4.69, 9.17) is 4.74 Å². The largest absolute Gasteiger partial charge is 0.504 e. The monoisotopic (exact) mass is 393 g/mol. The number of halogens is 1. The second kappa shape index (κ2) is 7.55. The minimum atomic E-state index is -0.552. The summed E-state index contributed by atoms with van der Waals surface area (Å²) in [6.07, 6.45) is 1.26. The zero-order valence-corrected chi connectivity index (χ0v) is 14.0. The topological polar surface area (TPSA) is 114 Å². The van der Waals surface area contributed by atoms with Gasteiger partial charge in [-0.3, -0.25) is 14.9 Å². The van der Waals surface area contributed by atoms with E-state index in [-0.39, 0.29) is 22.7 Å². The lowest BCUT2D eigenvalue weighted by atomic mass is 10.2. The second-order valence-corrected chi connectivity index (χ2v) is 5.46. The fraction of sp³-hybridized carbons (Fsp3) is 0.0667. The Morgan fingerprint density at radius 3 is 2.62 bits per heavy atom. The van der Waals surface area contributed by atoms with E-state index in [0.717, 1.165) is 0 Å². The number of hydrogen-bond acceptors (Lipinski definition) is 6. The van der Waals surface area contributed by atoms with Crippen LogP contribution in [-0.4, -0.2) is 29.3 Å². The van der Waals surface area contributed by atoms with Gasteiger partial charge in [-0.15, -0.1) is 0 Å². The highest BCUT2D eigenvalue weighted by molar-refractivity contribution is 9.10. The van der Waals surface area contributed by atoms with Crippen molar-refractivity contribution in [3.8, 4) is 11.5 Å². The van der Waals surface area contributed by atoms with Crippen molar-refractivity contribution in [2.75, 3.05) is 7.11 Å². The Kier molecular flexibility index (Phi) is 5.48. The Morgan fingerprint density at radius 2 is 2.04 bits per heavy atom. The van der Waals surface area contributed by atoms with E-state index in [1.807, 2.05) is 0 Å². The van der Waals surface area contributed by atoms with E-state index >= 15 is 0 Å². The van der Waals surface area contributed by atoms with Crippen LogP contribution in [0.5, 0.6) is 11.5 Å². The number of carbonyl (C=O) groups excluding carboxylic acids is 1. The third-order valence-corrected chi connectivity index (χ3v) is 3.46. The Labute approximate surface area is 145 Å². The number of benzene rings is 2. The molecule has 0 aliphatic heterocycles. The first-order valence-electron chi connectivity index (χ1n) is 6.56. The summed E-state index contributed by atoms with van der Waals surface area (Å²) in [5.41, 5.74) is 2.72. The molecule has 0 atom stereocenters. The van der Waals surface area contributed by atoms with E-state index in [2.05, 4.69) is 26.5 Å². The maximum atomic E-state index is 11.9. The van der Waals surface area contributed by atoms with Crippen LogP contribution in [0.1, 0.15) is 15.9 Å². The van der Waals surface area contributed by atoms with Crippen molar-refractivity contribution in [3.05, 3.63) is 62.1 Å². The molecule has 124 valence electrons. The predicted molar refractivity (Wildman–Crippen MR) is 90.5 cm³/mol. The van der Waals surface area contributed by atoms with Crippen molar-refractivity contribution >= 4 is 33.7 Å². The van der Waals surface area contributed by atoms with Crippen molar-refractivity contribution in [2.24, 2.45) is 5.10 Å². The summed E-state index contributed by atoms with van der Waals surface area (Å²) in [5, 5.41) is 24.3. The summed E-state index contributed by atoms with van der Waals surface area (Å²) in [6.45, 7) is 0. The number of methoxy groups -OCH3 is 1. The lowest BCUT2D eigenvalue weighted by Crippen LogP contribution is -2.17. The molecule has 0 spiro atoms. The number of carbonyl (C=O) groups is 1. The molecule has 0 fully saturated rings. The Hall–Kier alpha value is -2.94. The van der Waals surface area contributed by atoms with Gasteiger partial charge in [0.05, 0.1) is 18.2 Å². The molecule has 0 bridgehead atoms. The van der Waals surface area contributed by atoms with Gasteiger partial charge in [-0.25, -0.2) is 5.43 Å². The number of nitro benzene ring substituents is 1. The van der Waals surface area contributed by atoms with Crippen LogP contribution in [0.15, 0.2) is 46.0 Å². The van der Waals surface area contributed by atoms with Crippen molar-refractivity contribution in [2.45, 2.75) is 0 Å². The van der Waals surface area contributed by atoms with Gasteiger partial charge in [0.2, 0.25) is 0 Å². The Balaban J connectivity index is 2.10. The Morgan fingerprint density at radius 1 is 1.38 bits per heavy atom. The SMILES string of the molecule is COc1cc(Br)cc(/C=N/NC(=O)c2ccc([N+](=O)[O-])cc2)c1O. The molecule has 0 saturated heterocycles. The molecule has 0 saturated carbocycles. The number of nitro groups is 1. The molecular weight excluding hydrogens is 382 g/mol. The van der Waals surface area contributed by atoms with E-state index in [1.165, 1.54) is 37.6 Å². The van der Waals surface area contributed by atoms with Gasteiger partial charge in [-0.1, -0.05) is 15.9 Å². The van der Waals surface area contributed by atoms with Crippen LogP contribution >= 0.6 is 15.9 Å². The first-order chi connectivity index (χ1) is 11.4. The summed E-state index contributed by atoms with van der Waals surface area (Å²) < 4.78 is 5.68. The summed E-state index contributed by atoms with van der Waals surface area (Å²) in [4.78, 5) is 21.9. The molecule has 0 aliphatic carbocycles. The quantitative estimate of drug-likeness (QED) is 0.460. The summed E-state index contributed by atoms with van der Waals surface area (Å²) in [7, 11) is 1.42. The average Bonchev–Trinajstić information content (AvgIpc) is 2.57. The van der Waals surface area contributed by atoms with E-state index < -0.39 is 10.8 Å². The zero-order chi connectivity index (χ0) is 17.7. The van der Waals surface area contributed by atoms with Gasteiger partial charge in [0.25, 0.3) is 11.6 Å². The highest BCUT2D eigenvalue weighted by Gasteiger charge is 2.10. The molecule has 0 unspecified atom stereocenters. The van der Waals surface area contributed by atoms with Gasteiger partial charge >= 0.3 is 0 Å². The lowest BCUT2D eigenvalue weighted by Gasteiger charge is -2.06. The molecule has 0 aliphatic rings. The van der Waals surface area contributed by atoms with Crippen LogP contribution in [0, 0.1) is 10.1 Å². The molecule has 2 aromatic carbocycles. The molecule has 0 heterocycles. The minimum Gasteiger partial charge on any atom is -0.504 e. The number of phenols is 1. The molecule has 24 heavy (non-hydrogen) atoms. The fourth-order valence-corrected chi connectivity index (χ4v) is 2.26. The highest BCUT2D eigenvalue weighted by atomic mass is 79.9. The minimum absolute atomic E-state index is 0.110. The smallest absolute Gasteiger partial charge is 0.271 e. The van der Waals surface area contributed by atoms with E-state index in [1.54, 1.807) is 12.1 Å². The lowest BCUT2D eigenvalue weighted by molar-refractivity contribution is -0.384. The summed E-state index contributed by atoms with van der Waals surface area (Å²) in [5.74, 6) is -0.399. The standard InChI is InChI=1S/C15H12BrN3O5/c1-24-13-7-11(16)6-10(14(13)20)8-17-18-15(21)9-2-4-12(5-3-9)19(22)23/h2-8,20H,1H3,(H,18,21)/b17-8+. The van der Waals surface area contributed by atoms with Gasteiger partial charge in [0, 0.05) is 27.7 Å². The third-order valence-electron chi connectivity index (χ3n) is 3.00. The summed E-state index contributed by atoms with van der Waals surface area (Å²) in [6, 6.07) is 8.28. The number of ether oxygens (including phenoxy) is 1. The molecule has 2 N–H and O–H groups in total. The molecule has 2 aromatic rings. The van der Waals surface area contributed by atoms with Crippen molar-refractivity contribution < 1.29 is 19.6 Å². The van der Waals surface area contributed by atoms with E-state index in [9.17, 15) is 20.0 Å². The second-order valence-electron chi connectivity index (χ2n) is 4.55. The van der Waals surface area contributed by atoms with Crippen molar-refractivity contribution in [1.82, 2.24) is 5.43 Å². The number of hydrogen-bond donors (Lipinski definition) is 2. The molecular formula is C15H12BrN3O5. The first-order valence-corrected chi connectivity index (χ1v) is 7.36.